The molecule has 1 amide bonds. The van der Waals surface area contributed by atoms with Crippen molar-refractivity contribution in [1.82, 2.24) is 9.80 Å². The van der Waals surface area contributed by atoms with Gasteiger partial charge in [-0.25, -0.2) is 0 Å². The lowest BCUT2D eigenvalue weighted by atomic mass is 9.71. The number of nitrogens with zero attached hydrogens (tertiary/aromatic N) is 2. The number of morpholine rings is 1. The molecule has 5 rings (SSSR count). The molecular formula is C23H32N2O4. The van der Waals surface area contributed by atoms with Gasteiger partial charge in [-0.2, -0.15) is 0 Å². The van der Waals surface area contributed by atoms with Gasteiger partial charge in [0.1, 0.15) is 13.2 Å². The molecule has 0 bridgehead atoms. The predicted octanol–water partition coefficient (Wildman–Crippen LogP) is 2.90. The molecule has 1 spiro atoms. The van der Waals surface area contributed by atoms with E-state index in [-0.39, 0.29) is 17.4 Å². The molecule has 29 heavy (non-hydrogen) atoms. The van der Waals surface area contributed by atoms with Crippen molar-refractivity contribution >= 4 is 5.91 Å². The Morgan fingerprint density at radius 1 is 1.07 bits per heavy atom. The molecule has 1 aromatic carbocycles. The lowest BCUT2D eigenvalue weighted by Crippen LogP contribution is -2.48. The maximum atomic E-state index is 12.7. The number of carbonyl (C=O) groups is 1. The molecule has 0 N–H and O–H groups in total. The Balaban J connectivity index is 1.38. The minimum Gasteiger partial charge on any atom is -0.486 e. The fourth-order valence-corrected chi connectivity index (χ4v) is 5.68. The van der Waals surface area contributed by atoms with Crippen LogP contribution in [0.15, 0.2) is 12.1 Å². The van der Waals surface area contributed by atoms with Crippen LogP contribution in [-0.4, -0.2) is 68.3 Å². The van der Waals surface area contributed by atoms with Crippen LogP contribution in [0, 0.1) is 0 Å². The Morgan fingerprint density at radius 2 is 1.76 bits per heavy atom. The third-order valence-corrected chi connectivity index (χ3v) is 7.33. The molecule has 1 unspecified atom stereocenters. The largest absolute Gasteiger partial charge is 0.486 e. The van der Waals surface area contributed by atoms with Crippen molar-refractivity contribution in [2.45, 2.75) is 50.5 Å². The Morgan fingerprint density at radius 3 is 2.48 bits per heavy atom. The van der Waals surface area contributed by atoms with E-state index in [1.807, 2.05) is 4.90 Å². The average Bonchev–Trinajstić information content (AvgIpc) is 3.24. The number of amides is 1. The first-order valence-electron chi connectivity index (χ1n) is 11.2. The molecule has 1 saturated carbocycles. The number of carbonyl (C=O) groups excluding carboxylic acids is 1. The molecule has 1 saturated heterocycles. The fourth-order valence-electron chi connectivity index (χ4n) is 5.68. The summed E-state index contributed by atoms with van der Waals surface area (Å²) in [5.74, 6) is 2.04. The molecule has 3 aliphatic heterocycles. The second kappa shape index (κ2) is 7.80. The van der Waals surface area contributed by atoms with Crippen LogP contribution in [0.4, 0.5) is 0 Å². The highest BCUT2D eigenvalue weighted by atomic mass is 16.6. The highest BCUT2D eigenvalue weighted by Gasteiger charge is 2.45. The molecule has 1 atom stereocenters. The number of fused-ring (bicyclic) bond motifs is 3. The summed E-state index contributed by atoms with van der Waals surface area (Å²) in [6, 6.07) is 4.76. The lowest BCUT2D eigenvalue weighted by molar-refractivity contribution is -0.135. The minimum absolute atomic E-state index is 0.194. The molecule has 6 nitrogen and oxygen atoms in total. The monoisotopic (exact) mass is 400 g/mol. The molecule has 1 aliphatic carbocycles. The molecule has 4 aliphatic rings. The van der Waals surface area contributed by atoms with Gasteiger partial charge in [-0.15, -0.1) is 0 Å². The van der Waals surface area contributed by atoms with E-state index >= 15 is 0 Å². The van der Waals surface area contributed by atoms with Gasteiger partial charge in [0.15, 0.2) is 11.5 Å². The Bertz CT molecular complexity index is 768. The van der Waals surface area contributed by atoms with Crippen LogP contribution in [0.1, 0.15) is 56.2 Å². The smallest absolute Gasteiger partial charge is 0.224 e. The van der Waals surface area contributed by atoms with Gasteiger partial charge in [-0.05, 0) is 43.0 Å². The van der Waals surface area contributed by atoms with Gasteiger partial charge in [0.05, 0.1) is 13.2 Å². The minimum atomic E-state index is 0.194. The molecule has 0 aromatic heterocycles. The number of rotatable bonds is 3. The summed E-state index contributed by atoms with van der Waals surface area (Å²) in [6.07, 6.45) is 5.59. The summed E-state index contributed by atoms with van der Waals surface area (Å²) in [5, 5.41) is 0. The Labute approximate surface area is 173 Å². The van der Waals surface area contributed by atoms with E-state index in [9.17, 15) is 4.79 Å². The van der Waals surface area contributed by atoms with Gasteiger partial charge in [0.2, 0.25) is 5.91 Å². The van der Waals surface area contributed by atoms with Crippen molar-refractivity contribution in [2.75, 3.05) is 52.6 Å². The van der Waals surface area contributed by atoms with E-state index in [4.69, 9.17) is 14.2 Å². The zero-order valence-corrected chi connectivity index (χ0v) is 17.5. The standard InChI is InChI=1S/C23H32N2O4/c1-17-18-14-20-21(29-13-12-28-20)15-19(18)23(5-2-3-6-23)16-25(17)7-4-22(26)24-8-10-27-11-9-24/h14-15,17H,2-13,16H2,1H3. The van der Waals surface area contributed by atoms with Gasteiger partial charge in [0, 0.05) is 44.1 Å². The van der Waals surface area contributed by atoms with Crippen molar-refractivity contribution in [3.8, 4) is 11.5 Å². The normalized spacial score (nSPS) is 25.8. The Hall–Kier alpha value is -1.79. The quantitative estimate of drug-likeness (QED) is 0.781. The van der Waals surface area contributed by atoms with Crippen LogP contribution in [0.3, 0.4) is 0 Å². The van der Waals surface area contributed by atoms with Crippen molar-refractivity contribution in [1.29, 1.82) is 0 Å². The molecule has 3 heterocycles. The summed E-state index contributed by atoms with van der Waals surface area (Å²) in [7, 11) is 0. The van der Waals surface area contributed by atoms with Crippen molar-refractivity contribution < 1.29 is 19.0 Å². The first-order chi connectivity index (χ1) is 14.2. The zero-order valence-electron chi connectivity index (χ0n) is 17.5. The summed E-state index contributed by atoms with van der Waals surface area (Å²) in [4.78, 5) is 17.2. The summed E-state index contributed by atoms with van der Waals surface area (Å²) < 4.78 is 17.2. The summed E-state index contributed by atoms with van der Waals surface area (Å²) >= 11 is 0. The highest BCUT2D eigenvalue weighted by molar-refractivity contribution is 5.76. The van der Waals surface area contributed by atoms with E-state index in [1.165, 1.54) is 36.8 Å². The molecule has 6 heteroatoms. The second-order valence-electron chi connectivity index (χ2n) is 8.96. The van der Waals surface area contributed by atoms with Crippen LogP contribution < -0.4 is 9.47 Å². The first kappa shape index (κ1) is 19.2. The number of hydrogen-bond acceptors (Lipinski definition) is 5. The number of benzene rings is 1. The third kappa shape index (κ3) is 3.50. The van der Waals surface area contributed by atoms with Crippen LogP contribution in [0.25, 0.3) is 0 Å². The summed E-state index contributed by atoms with van der Waals surface area (Å²) in [6.45, 7) is 8.15. The van der Waals surface area contributed by atoms with Crippen molar-refractivity contribution in [3.63, 3.8) is 0 Å². The predicted molar refractivity (Wildman–Crippen MR) is 110 cm³/mol. The van der Waals surface area contributed by atoms with Gasteiger partial charge in [-0.3, -0.25) is 9.69 Å². The van der Waals surface area contributed by atoms with Crippen LogP contribution in [0.5, 0.6) is 11.5 Å². The molecule has 2 fully saturated rings. The topological polar surface area (TPSA) is 51.2 Å². The van der Waals surface area contributed by atoms with Gasteiger partial charge >= 0.3 is 0 Å². The van der Waals surface area contributed by atoms with Crippen LogP contribution in [-0.2, 0) is 14.9 Å². The maximum Gasteiger partial charge on any atom is 0.224 e. The van der Waals surface area contributed by atoms with E-state index in [1.54, 1.807) is 0 Å². The van der Waals surface area contributed by atoms with E-state index in [0.29, 0.717) is 32.8 Å². The number of hydrogen-bond donors (Lipinski definition) is 0. The first-order valence-corrected chi connectivity index (χ1v) is 11.2. The van der Waals surface area contributed by atoms with Crippen molar-refractivity contribution in [2.24, 2.45) is 0 Å². The number of ether oxygens (including phenoxy) is 3. The summed E-state index contributed by atoms with van der Waals surface area (Å²) in [5.41, 5.74) is 3.02. The average molecular weight is 401 g/mol. The second-order valence-corrected chi connectivity index (χ2v) is 8.96. The Kier molecular flexibility index (Phi) is 5.16. The van der Waals surface area contributed by atoms with Gasteiger partial charge in [0.25, 0.3) is 0 Å². The van der Waals surface area contributed by atoms with Gasteiger partial charge in [-0.1, -0.05) is 12.8 Å². The van der Waals surface area contributed by atoms with E-state index in [2.05, 4.69) is 24.0 Å². The van der Waals surface area contributed by atoms with E-state index in [0.717, 1.165) is 37.7 Å². The molecular weight excluding hydrogens is 368 g/mol. The van der Waals surface area contributed by atoms with Crippen molar-refractivity contribution in [3.05, 3.63) is 23.3 Å². The van der Waals surface area contributed by atoms with Crippen LogP contribution in [0.2, 0.25) is 0 Å². The zero-order chi connectivity index (χ0) is 19.8. The van der Waals surface area contributed by atoms with Crippen LogP contribution >= 0.6 is 0 Å². The SMILES string of the molecule is CC1c2cc3c(cc2C2(CCCC2)CN1CCC(=O)N1CCOCC1)OCCO3. The van der Waals surface area contributed by atoms with E-state index < -0.39 is 0 Å². The third-order valence-electron chi connectivity index (χ3n) is 7.33. The maximum absolute atomic E-state index is 12.7. The molecule has 158 valence electrons. The highest BCUT2D eigenvalue weighted by Crippen LogP contribution is 2.51. The fraction of sp³-hybridized carbons (Fsp3) is 0.696. The molecule has 1 aromatic rings. The molecule has 0 radical (unpaired) electrons. The lowest BCUT2D eigenvalue weighted by Gasteiger charge is -2.46. The van der Waals surface area contributed by atoms with Gasteiger partial charge < -0.3 is 19.1 Å².